The van der Waals surface area contributed by atoms with Crippen molar-refractivity contribution in [2.24, 2.45) is 0 Å². The number of hydrogen-bond acceptors (Lipinski definition) is 2. The predicted octanol–water partition coefficient (Wildman–Crippen LogP) is 5.94. The highest BCUT2D eigenvalue weighted by molar-refractivity contribution is 6.43. The lowest BCUT2D eigenvalue weighted by Gasteiger charge is -2.12. The average molecular weight is 360 g/mol. The average Bonchev–Trinajstić information content (AvgIpc) is 2.37. The van der Waals surface area contributed by atoms with Gasteiger partial charge in [-0.15, -0.1) is 0 Å². The Kier molecular flexibility index (Phi) is 4.51. The Morgan fingerprint density at radius 3 is 2.29 bits per heavy atom. The molecule has 0 saturated carbocycles. The van der Waals surface area contributed by atoms with E-state index in [1.54, 1.807) is 0 Å². The first kappa shape index (κ1) is 16.1. The third kappa shape index (κ3) is 3.70. The summed E-state index contributed by atoms with van der Waals surface area (Å²) in [6, 6.07) is 3.70. The third-order valence-electron chi connectivity index (χ3n) is 2.42. The van der Waals surface area contributed by atoms with Crippen molar-refractivity contribution in [2.45, 2.75) is 6.18 Å². The maximum atomic E-state index is 13.2. The summed E-state index contributed by atoms with van der Waals surface area (Å²) in [5.74, 6) is -1.37. The molecule has 1 aromatic carbocycles. The van der Waals surface area contributed by atoms with E-state index in [1.807, 2.05) is 0 Å². The first-order valence-corrected chi connectivity index (χ1v) is 6.47. The number of nitrogens with zero attached hydrogens (tertiary/aromatic N) is 1. The van der Waals surface area contributed by atoms with Crippen LogP contribution in [0.15, 0.2) is 24.3 Å². The van der Waals surface area contributed by atoms with Gasteiger partial charge >= 0.3 is 6.18 Å². The van der Waals surface area contributed by atoms with Crippen LogP contribution in [-0.4, -0.2) is 4.98 Å². The second-order valence-electron chi connectivity index (χ2n) is 3.91. The van der Waals surface area contributed by atoms with Gasteiger partial charge in [0.1, 0.15) is 11.0 Å². The lowest BCUT2D eigenvalue weighted by Crippen LogP contribution is -2.08. The Hall–Kier alpha value is -1.24. The van der Waals surface area contributed by atoms with Crippen LogP contribution in [0.5, 0.6) is 0 Å². The topological polar surface area (TPSA) is 24.9 Å². The number of benzene rings is 1. The molecule has 2 aromatic rings. The number of pyridine rings is 1. The van der Waals surface area contributed by atoms with Crippen LogP contribution in [0.25, 0.3) is 0 Å². The SMILES string of the molecule is Fc1ccc(Nc2nc(Cl)c(Cl)cc2Cl)cc1C(F)(F)F. The van der Waals surface area contributed by atoms with E-state index in [9.17, 15) is 17.6 Å². The molecule has 9 heteroatoms. The van der Waals surface area contributed by atoms with E-state index in [1.165, 1.54) is 6.07 Å². The number of hydrogen-bond donors (Lipinski definition) is 1. The molecule has 0 aliphatic rings. The van der Waals surface area contributed by atoms with Gasteiger partial charge in [-0.05, 0) is 24.3 Å². The number of halogens is 7. The molecule has 0 spiro atoms. The van der Waals surface area contributed by atoms with Gasteiger partial charge in [0.05, 0.1) is 15.6 Å². The van der Waals surface area contributed by atoms with Crippen LogP contribution in [0.3, 0.4) is 0 Å². The maximum Gasteiger partial charge on any atom is 0.419 e. The summed E-state index contributed by atoms with van der Waals surface area (Å²) in [5.41, 5.74) is -1.44. The normalized spacial score (nSPS) is 11.6. The van der Waals surface area contributed by atoms with Crippen LogP contribution in [0.4, 0.5) is 29.1 Å². The summed E-state index contributed by atoms with van der Waals surface area (Å²) in [6.07, 6.45) is -4.81. The zero-order chi connectivity index (χ0) is 15.8. The van der Waals surface area contributed by atoms with Crippen LogP contribution >= 0.6 is 34.8 Å². The lowest BCUT2D eigenvalue weighted by atomic mass is 10.2. The van der Waals surface area contributed by atoms with Gasteiger partial charge in [0.25, 0.3) is 0 Å². The molecule has 0 atom stereocenters. The number of alkyl halides is 3. The molecule has 112 valence electrons. The van der Waals surface area contributed by atoms with Crippen molar-refractivity contribution in [1.29, 1.82) is 0 Å². The monoisotopic (exact) mass is 358 g/mol. The molecule has 0 aliphatic carbocycles. The summed E-state index contributed by atoms with van der Waals surface area (Å²) in [4.78, 5) is 3.80. The molecule has 0 saturated heterocycles. The molecule has 0 aliphatic heterocycles. The molecule has 1 aromatic heterocycles. The lowest BCUT2D eigenvalue weighted by molar-refractivity contribution is -0.139. The van der Waals surface area contributed by atoms with Crippen LogP contribution < -0.4 is 5.32 Å². The molecular formula is C12H5Cl3F4N2. The van der Waals surface area contributed by atoms with E-state index in [2.05, 4.69) is 10.3 Å². The fraction of sp³-hybridized carbons (Fsp3) is 0.0833. The van der Waals surface area contributed by atoms with Gasteiger partial charge in [-0.25, -0.2) is 9.37 Å². The quantitative estimate of drug-likeness (QED) is 0.530. The molecular weight excluding hydrogens is 354 g/mol. The van der Waals surface area contributed by atoms with Gasteiger partial charge in [-0.2, -0.15) is 13.2 Å². The first-order valence-electron chi connectivity index (χ1n) is 5.34. The molecule has 2 nitrogen and oxygen atoms in total. The Labute approximate surface area is 131 Å². The summed E-state index contributed by atoms with van der Waals surface area (Å²) < 4.78 is 51.0. The van der Waals surface area contributed by atoms with Gasteiger partial charge in [0.15, 0.2) is 5.82 Å². The molecule has 0 bridgehead atoms. The van der Waals surface area contributed by atoms with Crippen molar-refractivity contribution < 1.29 is 17.6 Å². The van der Waals surface area contributed by atoms with Crippen molar-refractivity contribution in [1.82, 2.24) is 4.98 Å². The van der Waals surface area contributed by atoms with E-state index in [4.69, 9.17) is 34.8 Å². The van der Waals surface area contributed by atoms with Crippen LogP contribution in [0, 0.1) is 5.82 Å². The Morgan fingerprint density at radius 1 is 1.00 bits per heavy atom. The Bertz CT molecular complexity index is 689. The second-order valence-corrected chi connectivity index (χ2v) is 5.08. The van der Waals surface area contributed by atoms with E-state index in [0.29, 0.717) is 12.1 Å². The summed E-state index contributed by atoms with van der Waals surface area (Å²) in [7, 11) is 0. The summed E-state index contributed by atoms with van der Waals surface area (Å²) in [6.45, 7) is 0. The molecule has 2 rings (SSSR count). The minimum absolute atomic E-state index is 0.00537. The van der Waals surface area contributed by atoms with Crippen molar-refractivity contribution in [3.63, 3.8) is 0 Å². The van der Waals surface area contributed by atoms with Gasteiger partial charge in [-0.1, -0.05) is 34.8 Å². The van der Waals surface area contributed by atoms with Crippen molar-refractivity contribution in [2.75, 3.05) is 5.32 Å². The van der Waals surface area contributed by atoms with Gasteiger partial charge in [0.2, 0.25) is 0 Å². The predicted molar refractivity (Wildman–Crippen MR) is 74.0 cm³/mol. The van der Waals surface area contributed by atoms with Crippen LogP contribution in [0.2, 0.25) is 15.2 Å². The minimum Gasteiger partial charge on any atom is -0.339 e. The van der Waals surface area contributed by atoms with Crippen LogP contribution in [-0.2, 0) is 6.18 Å². The molecule has 0 amide bonds. The highest BCUT2D eigenvalue weighted by Gasteiger charge is 2.34. The van der Waals surface area contributed by atoms with Crippen molar-refractivity contribution in [3.05, 3.63) is 50.8 Å². The maximum absolute atomic E-state index is 13.2. The number of rotatable bonds is 2. The molecule has 0 fully saturated rings. The minimum atomic E-state index is -4.81. The Morgan fingerprint density at radius 2 is 1.67 bits per heavy atom. The highest BCUT2D eigenvalue weighted by Crippen LogP contribution is 2.35. The molecule has 0 radical (unpaired) electrons. The fourth-order valence-electron chi connectivity index (χ4n) is 1.49. The zero-order valence-electron chi connectivity index (χ0n) is 9.90. The fourth-order valence-corrected chi connectivity index (χ4v) is 2.03. The van der Waals surface area contributed by atoms with Gasteiger partial charge in [-0.3, -0.25) is 0 Å². The smallest absolute Gasteiger partial charge is 0.339 e. The third-order valence-corrected chi connectivity index (χ3v) is 3.38. The largest absolute Gasteiger partial charge is 0.419 e. The van der Waals surface area contributed by atoms with E-state index in [-0.39, 0.29) is 26.7 Å². The number of anilines is 2. The van der Waals surface area contributed by atoms with Crippen LogP contribution in [0.1, 0.15) is 5.56 Å². The second kappa shape index (κ2) is 5.87. The standard InChI is InChI=1S/C12H5Cl3F4N2/c13-7-4-8(14)11(21-10(7)15)20-5-1-2-9(16)6(3-5)12(17,18)19/h1-4H,(H,20,21). The van der Waals surface area contributed by atoms with Gasteiger partial charge in [0, 0.05) is 5.69 Å². The number of aromatic nitrogens is 1. The van der Waals surface area contributed by atoms with E-state index >= 15 is 0 Å². The first-order chi connectivity index (χ1) is 9.68. The van der Waals surface area contributed by atoms with E-state index in [0.717, 1.165) is 6.07 Å². The zero-order valence-corrected chi connectivity index (χ0v) is 12.2. The van der Waals surface area contributed by atoms with Crippen molar-refractivity contribution in [3.8, 4) is 0 Å². The van der Waals surface area contributed by atoms with E-state index < -0.39 is 17.6 Å². The summed E-state index contributed by atoms with van der Waals surface area (Å²) in [5, 5.41) is 2.62. The van der Waals surface area contributed by atoms with Crippen molar-refractivity contribution >= 4 is 46.3 Å². The van der Waals surface area contributed by atoms with Gasteiger partial charge < -0.3 is 5.32 Å². The molecule has 1 heterocycles. The molecule has 21 heavy (non-hydrogen) atoms. The summed E-state index contributed by atoms with van der Waals surface area (Å²) >= 11 is 17.2. The Balaban J connectivity index is 2.39. The number of nitrogens with one attached hydrogen (secondary N) is 1. The molecule has 1 N–H and O–H groups in total. The highest BCUT2D eigenvalue weighted by atomic mass is 35.5. The molecule has 0 unspecified atom stereocenters.